The van der Waals surface area contributed by atoms with Gasteiger partial charge in [-0.3, -0.25) is 14.4 Å². The van der Waals surface area contributed by atoms with Crippen LogP contribution in [0.3, 0.4) is 0 Å². The van der Waals surface area contributed by atoms with Gasteiger partial charge in [-0.1, -0.05) is 12.1 Å². The molecule has 0 aliphatic heterocycles. The van der Waals surface area contributed by atoms with E-state index in [0.29, 0.717) is 5.56 Å². The maximum absolute atomic E-state index is 13.2. The standard InChI is InChI=1S/C19H18N2O8/c20-12-11-13(23)6-4-5-2-1-3-7(22)8(5)14(24)9(6)16(26)19(11,29)17(27)10(15(12)25)18(21)28/h1-3,6,11-13,22-24,27,29H,4,20H2,(H2,21,28)/t6-,11-,12+,13+,19+/m1/s1. The van der Waals surface area contributed by atoms with E-state index in [0.717, 1.165) is 0 Å². The number of benzene rings is 1. The van der Waals surface area contributed by atoms with E-state index in [2.05, 4.69) is 0 Å². The van der Waals surface area contributed by atoms with Crippen LogP contribution in [-0.4, -0.2) is 60.8 Å². The molecule has 0 radical (unpaired) electrons. The highest BCUT2D eigenvalue weighted by atomic mass is 16.4. The van der Waals surface area contributed by atoms with E-state index >= 15 is 0 Å². The second kappa shape index (κ2) is 5.89. The molecule has 152 valence electrons. The minimum atomic E-state index is -2.95. The fourth-order valence-electron chi connectivity index (χ4n) is 4.71. The number of hydrogen-bond acceptors (Lipinski definition) is 9. The Morgan fingerprint density at radius 3 is 2.45 bits per heavy atom. The molecule has 1 fully saturated rings. The van der Waals surface area contributed by atoms with E-state index in [1.54, 1.807) is 6.07 Å². The summed E-state index contributed by atoms with van der Waals surface area (Å²) in [7, 11) is 0. The minimum Gasteiger partial charge on any atom is -0.508 e. The van der Waals surface area contributed by atoms with Gasteiger partial charge in [0, 0.05) is 11.5 Å². The Balaban J connectivity index is 2.01. The number of hydrogen-bond donors (Lipinski definition) is 7. The molecular formula is C19H18N2O8. The molecule has 1 aromatic carbocycles. The van der Waals surface area contributed by atoms with E-state index in [1.165, 1.54) is 12.1 Å². The van der Waals surface area contributed by atoms with Crippen molar-refractivity contribution in [2.45, 2.75) is 24.2 Å². The number of nitrogens with two attached hydrogens (primary N) is 2. The highest BCUT2D eigenvalue weighted by molar-refractivity contribution is 6.24. The molecule has 0 saturated heterocycles. The first-order valence-electron chi connectivity index (χ1n) is 8.76. The molecule has 10 heteroatoms. The lowest BCUT2D eigenvalue weighted by atomic mass is 9.56. The normalized spacial score (nSPS) is 33.9. The number of primary amides is 1. The zero-order valence-corrected chi connectivity index (χ0v) is 14.9. The van der Waals surface area contributed by atoms with E-state index < -0.39 is 69.7 Å². The molecule has 3 aliphatic rings. The first-order chi connectivity index (χ1) is 13.5. The summed E-state index contributed by atoms with van der Waals surface area (Å²) in [6.45, 7) is 0. The van der Waals surface area contributed by atoms with Crippen molar-refractivity contribution in [3.05, 3.63) is 46.2 Å². The molecule has 9 N–H and O–H groups in total. The molecule has 0 unspecified atom stereocenters. The second-order valence-electron chi connectivity index (χ2n) is 7.47. The SMILES string of the molecule is NC(=O)C1=C(O)[C@@]2(O)C(=O)C3=C(O)c4c(O)cccc4C[C@H]3[C@H](O)[C@H]2[C@H](N)C1=O. The van der Waals surface area contributed by atoms with E-state index in [9.17, 15) is 39.9 Å². The van der Waals surface area contributed by atoms with Gasteiger partial charge in [-0.15, -0.1) is 0 Å². The highest BCUT2D eigenvalue weighted by Crippen LogP contribution is 2.51. The molecular weight excluding hydrogens is 384 g/mol. The number of fused-ring (bicyclic) bond motifs is 3. The first kappa shape index (κ1) is 19.1. The molecule has 0 heterocycles. The van der Waals surface area contributed by atoms with Crippen molar-refractivity contribution < 1.29 is 39.9 Å². The van der Waals surface area contributed by atoms with E-state index in [4.69, 9.17) is 11.5 Å². The van der Waals surface area contributed by atoms with Crippen molar-refractivity contribution in [3.8, 4) is 5.75 Å². The van der Waals surface area contributed by atoms with Crippen LogP contribution in [0, 0.1) is 11.8 Å². The number of phenolic OH excluding ortho intramolecular Hbond substituents is 1. The molecule has 5 atom stereocenters. The lowest BCUT2D eigenvalue weighted by molar-refractivity contribution is -0.162. The van der Waals surface area contributed by atoms with Gasteiger partial charge < -0.3 is 37.0 Å². The Morgan fingerprint density at radius 1 is 1.17 bits per heavy atom. The summed E-state index contributed by atoms with van der Waals surface area (Å²) in [5.74, 6) is -8.79. The predicted molar refractivity (Wildman–Crippen MR) is 96.1 cm³/mol. The van der Waals surface area contributed by atoms with Gasteiger partial charge in [-0.05, 0) is 18.1 Å². The quantitative estimate of drug-likeness (QED) is 0.268. The number of carbonyl (C=O) groups is 3. The Bertz CT molecular complexity index is 1060. The molecule has 0 spiro atoms. The van der Waals surface area contributed by atoms with Crippen LogP contribution in [0.4, 0.5) is 0 Å². The summed E-state index contributed by atoms with van der Waals surface area (Å²) in [5.41, 5.74) is 6.91. The van der Waals surface area contributed by atoms with Gasteiger partial charge >= 0.3 is 0 Å². The van der Waals surface area contributed by atoms with Crippen molar-refractivity contribution >= 4 is 23.2 Å². The molecule has 0 bridgehead atoms. The van der Waals surface area contributed by atoms with Crippen LogP contribution < -0.4 is 11.5 Å². The van der Waals surface area contributed by atoms with Crippen molar-refractivity contribution in [1.29, 1.82) is 0 Å². The van der Waals surface area contributed by atoms with Crippen molar-refractivity contribution in [2.75, 3.05) is 0 Å². The van der Waals surface area contributed by atoms with Gasteiger partial charge in [-0.25, -0.2) is 0 Å². The summed E-state index contributed by atoms with van der Waals surface area (Å²) in [4.78, 5) is 37.3. The molecule has 29 heavy (non-hydrogen) atoms. The Kier molecular flexibility index (Phi) is 3.89. The summed E-state index contributed by atoms with van der Waals surface area (Å²) in [6, 6.07) is 2.68. The first-order valence-corrected chi connectivity index (χ1v) is 8.76. The molecule has 0 aromatic heterocycles. The third kappa shape index (κ3) is 2.18. The summed E-state index contributed by atoms with van der Waals surface area (Å²) in [5, 5.41) is 53.3. The molecule has 1 amide bonds. The van der Waals surface area contributed by atoms with Crippen molar-refractivity contribution in [2.24, 2.45) is 23.3 Å². The van der Waals surface area contributed by atoms with Crippen LogP contribution >= 0.6 is 0 Å². The van der Waals surface area contributed by atoms with Crippen molar-refractivity contribution in [1.82, 2.24) is 0 Å². The molecule has 4 rings (SSSR count). The third-order valence-electron chi connectivity index (χ3n) is 6.06. The average Bonchev–Trinajstić information content (AvgIpc) is 2.64. The summed E-state index contributed by atoms with van der Waals surface area (Å²) < 4.78 is 0. The number of carbonyl (C=O) groups excluding carboxylic acids is 3. The predicted octanol–water partition coefficient (Wildman–Crippen LogP) is -1.67. The second-order valence-corrected chi connectivity index (χ2v) is 7.47. The van der Waals surface area contributed by atoms with Gasteiger partial charge in [0.2, 0.25) is 5.78 Å². The van der Waals surface area contributed by atoms with Gasteiger partial charge in [0.15, 0.2) is 11.4 Å². The Morgan fingerprint density at radius 2 is 1.83 bits per heavy atom. The van der Waals surface area contributed by atoms with Gasteiger partial charge in [0.25, 0.3) is 5.91 Å². The Labute approximate surface area is 163 Å². The number of aliphatic hydroxyl groups excluding tert-OH is 3. The Hall–Kier alpha value is -3.21. The van der Waals surface area contributed by atoms with Crippen LogP contribution in [0.25, 0.3) is 5.76 Å². The molecule has 1 saturated carbocycles. The molecule has 10 nitrogen and oxygen atoms in total. The zero-order chi connectivity index (χ0) is 21.4. The fraction of sp³-hybridized carbons (Fsp3) is 0.316. The van der Waals surface area contributed by atoms with Crippen LogP contribution in [0.5, 0.6) is 5.75 Å². The van der Waals surface area contributed by atoms with Crippen LogP contribution in [0.2, 0.25) is 0 Å². The number of aliphatic hydroxyl groups is 4. The fourth-order valence-corrected chi connectivity index (χ4v) is 4.71. The number of amides is 1. The van der Waals surface area contributed by atoms with Crippen LogP contribution in [-0.2, 0) is 20.8 Å². The lowest BCUT2D eigenvalue weighted by Crippen LogP contribution is -2.69. The number of ketones is 2. The van der Waals surface area contributed by atoms with Crippen LogP contribution in [0.15, 0.2) is 35.1 Å². The molecule has 1 aromatic rings. The zero-order valence-electron chi connectivity index (χ0n) is 14.9. The summed E-state index contributed by atoms with van der Waals surface area (Å²) >= 11 is 0. The smallest absolute Gasteiger partial charge is 0.255 e. The topological polar surface area (TPSA) is 204 Å². The van der Waals surface area contributed by atoms with Gasteiger partial charge in [0.1, 0.15) is 22.8 Å². The lowest BCUT2D eigenvalue weighted by Gasteiger charge is -2.50. The maximum atomic E-state index is 13.2. The van der Waals surface area contributed by atoms with Crippen molar-refractivity contribution in [3.63, 3.8) is 0 Å². The minimum absolute atomic E-state index is 0.00330. The third-order valence-corrected chi connectivity index (χ3v) is 6.06. The monoisotopic (exact) mass is 402 g/mol. The maximum Gasteiger partial charge on any atom is 0.255 e. The van der Waals surface area contributed by atoms with E-state index in [1.807, 2.05) is 0 Å². The number of phenols is 1. The summed E-state index contributed by atoms with van der Waals surface area (Å²) in [6.07, 6.45) is -1.64. The number of Topliss-reactive ketones (excluding diaryl/α,β-unsaturated/α-hetero) is 2. The van der Waals surface area contributed by atoms with Crippen LogP contribution in [0.1, 0.15) is 11.1 Å². The number of rotatable bonds is 1. The van der Waals surface area contributed by atoms with Gasteiger partial charge in [0.05, 0.1) is 23.6 Å². The number of aromatic hydroxyl groups is 1. The largest absolute Gasteiger partial charge is 0.508 e. The van der Waals surface area contributed by atoms with E-state index in [-0.39, 0.29) is 17.7 Å². The average molecular weight is 402 g/mol. The highest BCUT2D eigenvalue weighted by Gasteiger charge is 2.66. The molecule has 3 aliphatic carbocycles. The van der Waals surface area contributed by atoms with Gasteiger partial charge in [-0.2, -0.15) is 0 Å².